The second-order valence-electron chi connectivity index (χ2n) is 6.08. The number of ketones is 1. The van der Waals surface area contributed by atoms with E-state index in [1.807, 2.05) is 25.1 Å². The first-order valence-electron chi connectivity index (χ1n) is 8.09. The summed E-state index contributed by atoms with van der Waals surface area (Å²) >= 11 is 1.51. The summed E-state index contributed by atoms with van der Waals surface area (Å²) < 4.78 is 24.9. The lowest BCUT2D eigenvalue weighted by Crippen LogP contribution is -2.14. The number of rotatable bonds is 6. The third kappa shape index (κ3) is 4.65. The van der Waals surface area contributed by atoms with Crippen LogP contribution in [0.15, 0.2) is 71.6 Å². The summed E-state index contributed by atoms with van der Waals surface area (Å²) in [5.41, 5.74) is 1.00. The molecule has 3 rings (SSSR count). The number of Topliss-reactive ketones (excluding diaryl/α,β-unsaturated/α-hetero) is 1. The monoisotopic (exact) mass is 385 g/mol. The van der Waals surface area contributed by atoms with Crippen LogP contribution in [0.25, 0.3) is 10.8 Å². The van der Waals surface area contributed by atoms with Gasteiger partial charge in [-0.25, -0.2) is 8.42 Å². The van der Waals surface area contributed by atoms with E-state index in [1.54, 1.807) is 24.3 Å². The topological polar surface area (TPSA) is 63.2 Å². The number of thioether (sulfide) groups is 1. The molecule has 0 saturated carbocycles. The number of carbonyl (C=O) groups excluding carboxylic acids is 1. The summed E-state index contributed by atoms with van der Waals surface area (Å²) in [6.45, 7) is 1.88. The molecule has 0 saturated heterocycles. The molecule has 0 aromatic heterocycles. The molecule has 0 aliphatic carbocycles. The Morgan fingerprint density at radius 1 is 0.962 bits per heavy atom. The van der Waals surface area contributed by atoms with E-state index < -0.39 is 10.0 Å². The standard InChI is InChI=1S/C20H19NO3S2/c1-14(25-19-12-9-15-5-3-4-6-17(15)13-19)20(22)16-7-10-18(11-8-16)21-26(2,23)24/h3-14,21H,1-2H3. The third-order valence-corrected chi connectivity index (χ3v) is 5.58. The van der Waals surface area contributed by atoms with E-state index in [0.29, 0.717) is 11.3 Å². The molecule has 0 radical (unpaired) electrons. The predicted octanol–water partition coefficient (Wildman–Crippen LogP) is 4.57. The number of carbonyl (C=O) groups is 1. The smallest absolute Gasteiger partial charge is 0.229 e. The van der Waals surface area contributed by atoms with E-state index in [0.717, 1.165) is 16.5 Å². The first kappa shape index (κ1) is 18.5. The Morgan fingerprint density at radius 2 is 1.62 bits per heavy atom. The van der Waals surface area contributed by atoms with Crippen LogP contribution in [0.1, 0.15) is 17.3 Å². The normalized spacial score (nSPS) is 12.7. The van der Waals surface area contributed by atoms with Crippen molar-refractivity contribution in [2.75, 3.05) is 11.0 Å². The Bertz CT molecular complexity index is 1040. The first-order valence-corrected chi connectivity index (χ1v) is 10.9. The van der Waals surface area contributed by atoms with Gasteiger partial charge in [-0.1, -0.05) is 30.3 Å². The van der Waals surface area contributed by atoms with Gasteiger partial charge in [0.1, 0.15) is 0 Å². The second-order valence-corrected chi connectivity index (χ2v) is 9.25. The average Bonchev–Trinajstić information content (AvgIpc) is 2.60. The van der Waals surface area contributed by atoms with Crippen LogP contribution in [0.4, 0.5) is 5.69 Å². The fourth-order valence-electron chi connectivity index (χ4n) is 2.65. The van der Waals surface area contributed by atoms with Crippen molar-refractivity contribution in [2.24, 2.45) is 0 Å². The van der Waals surface area contributed by atoms with Crippen molar-refractivity contribution in [3.8, 4) is 0 Å². The lowest BCUT2D eigenvalue weighted by molar-refractivity contribution is 0.0994. The van der Waals surface area contributed by atoms with Gasteiger partial charge in [-0.2, -0.15) is 0 Å². The minimum absolute atomic E-state index is 0.00839. The molecular formula is C20H19NO3S2. The van der Waals surface area contributed by atoms with Gasteiger partial charge < -0.3 is 0 Å². The summed E-state index contributed by atoms with van der Waals surface area (Å²) in [7, 11) is -3.32. The van der Waals surface area contributed by atoms with Crippen LogP contribution in [0.3, 0.4) is 0 Å². The molecule has 0 spiro atoms. The van der Waals surface area contributed by atoms with Crippen LogP contribution in [-0.4, -0.2) is 25.7 Å². The molecule has 4 nitrogen and oxygen atoms in total. The Balaban J connectivity index is 1.72. The highest BCUT2D eigenvalue weighted by Gasteiger charge is 2.17. The van der Waals surface area contributed by atoms with Crippen LogP contribution in [0, 0.1) is 0 Å². The SMILES string of the molecule is CC(Sc1ccc2ccccc2c1)C(=O)c1ccc(NS(C)(=O)=O)cc1. The molecule has 3 aromatic carbocycles. The molecule has 6 heteroatoms. The molecular weight excluding hydrogens is 366 g/mol. The second kappa shape index (κ2) is 7.51. The van der Waals surface area contributed by atoms with Crippen molar-refractivity contribution in [3.63, 3.8) is 0 Å². The molecule has 0 amide bonds. The minimum atomic E-state index is -3.32. The number of hydrogen-bond donors (Lipinski definition) is 1. The van der Waals surface area contributed by atoms with Crippen molar-refractivity contribution < 1.29 is 13.2 Å². The number of sulfonamides is 1. The summed E-state index contributed by atoms with van der Waals surface area (Å²) in [4.78, 5) is 13.7. The van der Waals surface area contributed by atoms with Gasteiger partial charge in [-0.3, -0.25) is 9.52 Å². The number of anilines is 1. The van der Waals surface area contributed by atoms with Crippen LogP contribution < -0.4 is 4.72 Å². The van der Waals surface area contributed by atoms with Crippen molar-refractivity contribution in [1.82, 2.24) is 0 Å². The molecule has 1 unspecified atom stereocenters. The molecule has 0 fully saturated rings. The third-order valence-electron chi connectivity index (χ3n) is 3.88. The molecule has 0 heterocycles. The van der Waals surface area contributed by atoms with Gasteiger partial charge >= 0.3 is 0 Å². The molecule has 0 bridgehead atoms. The Kier molecular flexibility index (Phi) is 5.34. The molecule has 0 aliphatic rings. The fraction of sp³-hybridized carbons (Fsp3) is 0.150. The highest BCUT2D eigenvalue weighted by atomic mass is 32.2. The lowest BCUT2D eigenvalue weighted by Gasteiger charge is -2.12. The highest BCUT2D eigenvalue weighted by Crippen LogP contribution is 2.29. The zero-order chi connectivity index (χ0) is 18.7. The first-order chi connectivity index (χ1) is 12.3. The Labute approximate surface area is 157 Å². The average molecular weight is 386 g/mol. The van der Waals surface area contributed by atoms with Crippen LogP contribution >= 0.6 is 11.8 Å². The van der Waals surface area contributed by atoms with Gasteiger partial charge in [-0.15, -0.1) is 11.8 Å². The van der Waals surface area contributed by atoms with Gasteiger partial charge in [0.2, 0.25) is 10.0 Å². The number of benzene rings is 3. The van der Waals surface area contributed by atoms with E-state index in [2.05, 4.69) is 29.0 Å². The predicted molar refractivity (Wildman–Crippen MR) is 109 cm³/mol. The van der Waals surface area contributed by atoms with Gasteiger partial charge in [-0.05, 0) is 54.1 Å². The van der Waals surface area contributed by atoms with E-state index in [4.69, 9.17) is 0 Å². The number of nitrogens with one attached hydrogen (secondary N) is 1. The van der Waals surface area contributed by atoms with Crippen LogP contribution in [0.5, 0.6) is 0 Å². The molecule has 3 aromatic rings. The van der Waals surface area contributed by atoms with Gasteiger partial charge in [0.15, 0.2) is 5.78 Å². The van der Waals surface area contributed by atoms with E-state index in [-0.39, 0.29) is 11.0 Å². The zero-order valence-electron chi connectivity index (χ0n) is 14.5. The van der Waals surface area contributed by atoms with Crippen LogP contribution in [-0.2, 0) is 10.0 Å². The van der Waals surface area contributed by atoms with Crippen molar-refractivity contribution in [1.29, 1.82) is 0 Å². The van der Waals surface area contributed by atoms with Crippen molar-refractivity contribution in [3.05, 3.63) is 72.3 Å². The van der Waals surface area contributed by atoms with E-state index >= 15 is 0 Å². The van der Waals surface area contributed by atoms with Crippen LogP contribution in [0.2, 0.25) is 0 Å². The number of fused-ring (bicyclic) bond motifs is 1. The largest absolute Gasteiger partial charge is 0.293 e. The molecule has 1 atom stereocenters. The summed E-state index contributed by atoms with van der Waals surface area (Å²) in [5.74, 6) is 0.00839. The van der Waals surface area contributed by atoms with Gasteiger partial charge in [0.05, 0.1) is 11.5 Å². The summed E-state index contributed by atoms with van der Waals surface area (Å²) in [6, 6.07) is 20.8. The van der Waals surface area contributed by atoms with Crippen molar-refractivity contribution in [2.45, 2.75) is 17.1 Å². The maximum Gasteiger partial charge on any atom is 0.229 e. The Morgan fingerprint density at radius 3 is 2.27 bits per heavy atom. The quantitative estimate of drug-likeness (QED) is 0.498. The molecule has 0 aliphatic heterocycles. The molecule has 1 N–H and O–H groups in total. The number of hydrogen-bond acceptors (Lipinski definition) is 4. The molecule has 26 heavy (non-hydrogen) atoms. The molecule has 134 valence electrons. The van der Waals surface area contributed by atoms with Gasteiger partial charge in [0, 0.05) is 16.1 Å². The van der Waals surface area contributed by atoms with E-state index in [9.17, 15) is 13.2 Å². The maximum atomic E-state index is 12.6. The van der Waals surface area contributed by atoms with E-state index in [1.165, 1.54) is 17.1 Å². The Hall–Kier alpha value is -2.31. The lowest BCUT2D eigenvalue weighted by atomic mass is 10.1. The minimum Gasteiger partial charge on any atom is -0.293 e. The highest BCUT2D eigenvalue weighted by molar-refractivity contribution is 8.00. The summed E-state index contributed by atoms with van der Waals surface area (Å²) in [6.07, 6.45) is 1.09. The summed E-state index contributed by atoms with van der Waals surface area (Å²) in [5, 5.41) is 2.07. The van der Waals surface area contributed by atoms with Gasteiger partial charge in [0.25, 0.3) is 0 Å². The van der Waals surface area contributed by atoms with Crippen molar-refractivity contribution >= 4 is 44.0 Å². The fourth-order valence-corrected chi connectivity index (χ4v) is 4.21. The zero-order valence-corrected chi connectivity index (χ0v) is 16.1. The maximum absolute atomic E-state index is 12.6.